The molecule has 132 valence electrons. The maximum atomic E-state index is 11.4. The van der Waals surface area contributed by atoms with E-state index in [2.05, 4.69) is 55.5 Å². The van der Waals surface area contributed by atoms with Gasteiger partial charge in [-0.05, 0) is 50.2 Å². The molecule has 1 fully saturated rings. The number of carbonyl (C=O) groups is 1. The maximum absolute atomic E-state index is 11.4. The number of benzene rings is 2. The van der Waals surface area contributed by atoms with Crippen LogP contribution in [0.2, 0.25) is 0 Å². The molecular weight excluding hydrogens is 338 g/mol. The Kier molecular flexibility index (Phi) is 4.73. The van der Waals surface area contributed by atoms with Crippen LogP contribution in [0.4, 0.5) is 0 Å². The highest BCUT2D eigenvalue weighted by molar-refractivity contribution is 7.15. The second kappa shape index (κ2) is 7.16. The number of hydrogen-bond acceptors (Lipinski definition) is 3. The van der Waals surface area contributed by atoms with Crippen LogP contribution in [0, 0.1) is 18.8 Å². The van der Waals surface area contributed by atoms with Crippen LogP contribution in [0.1, 0.15) is 30.3 Å². The van der Waals surface area contributed by atoms with E-state index in [0.717, 1.165) is 30.0 Å². The quantitative estimate of drug-likeness (QED) is 0.543. The summed E-state index contributed by atoms with van der Waals surface area (Å²) in [6.07, 6.45) is 3.27. The van der Waals surface area contributed by atoms with E-state index < -0.39 is 0 Å². The third-order valence-electron chi connectivity index (χ3n) is 5.25. The van der Waals surface area contributed by atoms with Crippen LogP contribution < -0.4 is 0 Å². The largest absolute Gasteiger partial charge is 0.300 e. The minimum Gasteiger partial charge on any atom is -0.300 e. The molecule has 1 aliphatic rings. The molecule has 2 atom stereocenters. The predicted molar refractivity (Wildman–Crippen MR) is 108 cm³/mol. The molecule has 2 unspecified atom stereocenters. The third-order valence-corrected chi connectivity index (χ3v) is 6.27. The lowest BCUT2D eigenvalue weighted by molar-refractivity contribution is -0.118. The molecule has 0 aliphatic heterocycles. The first-order chi connectivity index (χ1) is 12.6. The van der Waals surface area contributed by atoms with Crippen molar-refractivity contribution in [2.24, 2.45) is 11.8 Å². The monoisotopic (exact) mass is 361 g/mol. The molecule has 2 aromatic carbocycles. The molecule has 0 saturated heterocycles. The lowest BCUT2D eigenvalue weighted by Gasteiger charge is -2.05. The van der Waals surface area contributed by atoms with Gasteiger partial charge in [0.15, 0.2) is 0 Å². The molecule has 1 heterocycles. The molecule has 1 saturated carbocycles. The fourth-order valence-electron chi connectivity index (χ4n) is 3.65. The fourth-order valence-corrected chi connectivity index (χ4v) is 4.60. The van der Waals surface area contributed by atoms with Gasteiger partial charge in [0, 0.05) is 11.5 Å². The molecule has 0 radical (unpaired) electrons. The molecule has 3 heteroatoms. The van der Waals surface area contributed by atoms with Crippen molar-refractivity contribution in [1.29, 1.82) is 0 Å². The summed E-state index contributed by atoms with van der Waals surface area (Å²) in [5.41, 5.74) is 4.82. The zero-order chi connectivity index (χ0) is 18.1. The van der Waals surface area contributed by atoms with Crippen LogP contribution in [0.25, 0.3) is 21.7 Å². The summed E-state index contributed by atoms with van der Waals surface area (Å²) < 4.78 is 0. The summed E-state index contributed by atoms with van der Waals surface area (Å²) >= 11 is 1.75. The van der Waals surface area contributed by atoms with Gasteiger partial charge in [-0.25, -0.2) is 4.98 Å². The normalized spacial score (nSPS) is 18.7. The van der Waals surface area contributed by atoms with Crippen LogP contribution in [0.15, 0.2) is 54.6 Å². The molecule has 4 rings (SSSR count). The zero-order valence-electron chi connectivity index (χ0n) is 15.2. The van der Waals surface area contributed by atoms with Crippen molar-refractivity contribution < 1.29 is 4.79 Å². The van der Waals surface area contributed by atoms with Gasteiger partial charge < -0.3 is 0 Å². The van der Waals surface area contributed by atoms with Crippen molar-refractivity contribution in [3.05, 3.63) is 65.2 Å². The molecule has 3 aromatic rings. The average molecular weight is 362 g/mol. The van der Waals surface area contributed by atoms with E-state index in [-0.39, 0.29) is 0 Å². The fraction of sp³-hybridized carbons (Fsp3) is 0.304. The number of rotatable bonds is 6. The van der Waals surface area contributed by atoms with Gasteiger partial charge in [0.25, 0.3) is 0 Å². The highest BCUT2D eigenvalue weighted by Crippen LogP contribution is 2.42. The second-order valence-electron chi connectivity index (χ2n) is 7.23. The average Bonchev–Trinajstić information content (AvgIpc) is 3.35. The first kappa shape index (κ1) is 17.2. The molecule has 1 aliphatic carbocycles. The zero-order valence-corrected chi connectivity index (χ0v) is 16.1. The van der Waals surface area contributed by atoms with Crippen LogP contribution in [0.5, 0.6) is 0 Å². The second-order valence-corrected chi connectivity index (χ2v) is 8.43. The predicted octanol–water partition coefficient (Wildman–Crippen LogP) is 5.94. The Hall–Kier alpha value is -2.26. The minimum absolute atomic E-state index is 0.336. The molecule has 0 N–H and O–H groups in total. The van der Waals surface area contributed by atoms with Gasteiger partial charge >= 0.3 is 0 Å². The summed E-state index contributed by atoms with van der Waals surface area (Å²) in [4.78, 5) is 17.4. The van der Waals surface area contributed by atoms with Crippen LogP contribution in [-0.2, 0) is 11.2 Å². The van der Waals surface area contributed by atoms with E-state index in [4.69, 9.17) is 4.98 Å². The van der Waals surface area contributed by atoms with Crippen LogP contribution >= 0.6 is 11.3 Å². The van der Waals surface area contributed by atoms with Gasteiger partial charge in [0.05, 0.1) is 15.6 Å². The van der Waals surface area contributed by atoms with Crippen molar-refractivity contribution in [2.75, 3.05) is 0 Å². The Labute approximate surface area is 158 Å². The minimum atomic E-state index is 0.336. The number of aromatic nitrogens is 1. The molecule has 0 spiro atoms. The van der Waals surface area contributed by atoms with E-state index in [1.54, 1.807) is 18.3 Å². The maximum Gasteiger partial charge on any atom is 0.133 e. The van der Waals surface area contributed by atoms with Gasteiger partial charge in [0.2, 0.25) is 0 Å². The van der Waals surface area contributed by atoms with Crippen molar-refractivity contribution in [2.45, 2.75) is 33.1 Å². The SMILES string of the molecule is CC(=O)C1CC1CCc1ccc(-c2sc(C)nc2-c2ccccc2)cc1. The van der Waals surface area contributed by atoms with E-state index in [1.807, 2.05) is 6.07 Å². The standard InChI is InChI=1S/C23H23NOS/c1-15(25)21-14-20(21)13-10-17-8-11-19(12-9-17)23-22(24-16(2)26-23)18-6-4-3-5-7-18/h3-9,11-12,20-21H,10,13-14H2,1-2H3. The molecule has 0 bridgehead atoms. The van der Waals surface area contributed by atoms with Crippen LogP contribution in [-0.4, -0.2) is 10.8 Å². The van der Waals surface area contributed by atoms with Crippen LogP contribution in [0.3, 0.4) is 0 Å². The number of carbonyl (C=O) groups excluding carboxylic acids is 1. The van der Waals surface area contributed by atoms with Gasteiger partial charge in [0.1, 0.15) is 5.78 Å². The highest BCUT2D eigenvalue weighted by Gasteiger charge is 2.39. The van der Waals surface area contributed by atoms with Crippen molar-refractivity contribution in [3.63, 3.8) is 0 Å². The smallest absolute Gasteiger partial charge is 0.133 e. The highest BCUT2D eigenvalue weighted by atomic mass is 32.1. The Balaban J connectivity index is 1.50. The summed E-state index contributed by atoms with van der Waals surface area (Å²) in [6.45, 7) is 3.79. The Morgan fingerprint density at radius 3 is 2.46 bits per heavy atom. The molecule has 0 amide bonds. The molecule has 26 heavy (non-hydrogen) atoms. The van der Waals surface area contributed by atoms with Gasteiger partial charge in [-0.15, -0.1) is 11.3 Å². The van der Waals surface area contributed by atoms with E-state index in [9.17, 15) is 4.79 Å². The summed E-state index contributed by atoms with van der Waals surface area (Å²) in [5, 5.41) is 1.09. The number of thiazole rings is 1. The summed E-state index contributed by atoms with van der Waals surface area (Å²) in [5.74, 6) is 1.31. The lowest BCUT2D eigenvalue weighted by atomic mass is 10.0. The van der Waals surface area contributed by atoms with Crippen molar-refractivity contribution >= 4 is 17.1 Å². The topological polar surface area (TPSA) is 30.0 Å². The third kappa shape index (κ3) is 3.63. The molecular formula is C23H23NOS. The molecule has 1 aromatic heterocycles. The number of aryl methyl sites for hydroxylation is 2. The van der Waals surface area contributed by atoms with Gasteiger partial charge in [-0.3, -0.25) is 4.79 Å². The molecule has 2 nitrogen and oxygen atoms in total. The van der Waals surface area contributed by atoms with E-state index in [1.165, 1.54) is 21.6 Å². The van der Waals surface area contributed by atoms with E-state index >= 15 is 0 Å². The van der Waals surface area contributed by atoms with Gasteiger partial charge in [-0.1, -0.05) is 54.6 Å². The Morgan fingerprint density at radius 2 is 1.81 bits per heavy atom. The Bertz CT molecular complexity index is 911. The summed E-state index contributed by atoms with van der Waals surface area (Å²) in [6, 6.07) is 19.3. The first-order valence-electron chi connectivity index (χ1n) is 9.24. The number of nitrogens with zero attached hydrogens (tertiary/aromatic N) is 1. The van der Waals surface area contributed by atoms with Crippen molar-refractivity contribution in [1.82, 2.24) is 4.98 Å². The van der Waals surface area contributed by atoms with Gasteiger partial charge in [-0.2, -0.15) is 0 Å². The Morgan fingerprint density at radius 1 is 1.08 bits per heavy atom. The summed E-state index contributed by atoms with van der Waals surface area (Å²) in [7, 11) is 0. The number of ketones is 1. The van der Waals surface area contributed by atoms with E-state index in [0.29, 0.717) is 17.6 Å². The number of hydrogen-bond donors (Lipinski definition) is 0. The van der Waals surface area contributed by atoms with Crippen molar-refractivity contribution in [3.8, 4) is 21.7 Å². The first-order valence-corrected chi connectivity index (χ1v) is 10.1. The lowest BCUT2D eigenvalue weighted by Crippen LogP contribution is -1.96. The number of Topliss-reactive ketones (excluding diaryl/α,β-unsaturated/α-hetero) is 1.